The second-order valence-corrected chi connectivity index (χ2v) is 7.51. The topological polar surface area (TPSA) is 98.2 Å². The summed E-state index contributed by atoms with van der Waals surface area (Å²) in [5.74, 6) is -0.248. The monoisotopic (exact) mass is 440 g/mol. The van der Waals surface area contributed by atoms with E-state index in [0.29, 0.717) is 32.9 Å². The summed E-state index contributed by atoms with van der Waals surface area (Å²) in [6.07, 6.45) is 1.61. The number of benzene rings is 3. The number of hydrogen-bond acceptors (Lipinski definition) is 5. The van der Waals surface area contributed by atoms with E-state index in [9.17, 15) is 4.79 Å². The number of rotatable bonds is 4. The number of nitrogens with two attached hydrogens (primary N) is 1. The van der Waals surface area contributed by atoms with Gasteiger partial charge in [-0.05, 0) is 42.0 Å². The van der Waals surface area contributed by atoms with E-state index >= 15 is 0 Å². The van der Waals surface area contributed by atoms with Crippen LogP contribution < -0.4 is 11.1 Å². The lowest BCUT2D eigenvalue weighted by Crippen LogP contribution is -2.14. The summed E-state index contributed by atoms with van der Waals surface area (Å²) in [6, 6.07) is 23.8. The van der Waals surface area contributed by atoms with Gasteiger partial charge >= 0.3 is 0 Å². The van der Waals surface area contributed by atoms with Crippen LogP contribution in [0.2, 0.25) is 5.02 Å². The molecule has 5 aromatic rings. The van der Waals surface area contributed by atoms with E-state index in [1.165, 1.54) is 4.68 Å². The van der Waals surface area contributed by atoms with Crippen LogP contribution in [0.3, 0.4) is 0 Å². The quantitative estimate of drug-likeness (QED) is 0.386. The molecular formula is C24H17ClN6O. The molecule has 156 valence electrons. The van der Waals surface area contributed by atoms with Gasteiger partial charge in [0.1, 0.15) is 16.9 Å². The van der Waals surface area contributed by atoms with Crippen LogP contribution in [-0.2, 0) is 0 Å². The minimum Gasteiger partial charge on any atom is -0.383 e. The molecule has 0 aliphatic heterocycles. The highest BCUT2D eigenvalue weighted by atomic mass is 35.5. The number of nitrogen functional groups attached to an aromatic ring is 1. The summed E-state index contributed by atoms with van der Waals surface area (Å²) in [5.41, 5.74) is 10.1. The van der Waals surface area contributed by atoms with Crippen LogP contribution in [0.5, 0.6) is 0 Å². The molecule has 3 aromatic carbocycles. The van der Waals surface area contributed by atoms with Gasteiger partial charge in [-0.15, -0.1) is 0 Å². The number of amides is 1. The van der Waals surface area contributed by atoms with E-state index in [2.05, 4.69) is 20.4 Å². The van der Waals surface area contributed by atoms with Gasteiger partial charge in [0.2, 0.25) is 0 Å². The molecule has 0 radical (unpaired) electrons. The van der Waals surface area contributed by atoms with Gasteiger partial charge in [0.15, 0.2) is 5.65 Å². The maximum Gasteiger partial charge on any atom is 0.261 e. The normalized spacial score (nSPS) is 11.4. The van der Waals surface area contributed by atoms with Gasteiger partial charge in [0.05, 0.1) is 17.2 Å². The Morgan fingerprint density at radius 2 is 1.69 bits per heavy atom. The molecule has 7 nitrogen and oxygen atoms in total. The standard InChI is InChI=1S/C24H17ClN6O/c25-16-8-6-7-15(13-16)14-27-31-22(26)20(24(32)28-17-9-2-1-3-10-17)21-23(31)30-19-12-5-4-11-18(19)29-21/h1-14H,26H2,(H,28,32). The fourth-order valence-corrected chi connectivity index (χ4v) is 3.61. The van der Waals surface area contributed by atoms with E-state index in [4.69, 9.17) is 17.3 Å². The maximum atomic E-state index is 13.2. The van der Waals surface area contributed by atoms with Crippen molar-refractivity contribution in [2.45, 2.75) is 0 Å². The number of para-hydroxylation sites is 3. The van der Waals surface area contributed by atoms with Crippen LogP contribution in [-0.4, -0.2) is 26.8 Å². The first-order valence-corrected chi connectivity index (χ1v) is 10.2. The van der Waals surface area contributed by atoms with Crippen molar-refractivity contribution in [1.29, 1.82) is 0 Å². The number of hydrogen-bond donors (Lipinski definition) is 2. The maximum absolute atomic E-state index is 13.2. The Morgan fingerprint density at radius 3 is 2.44 bits per heavy atom. The molecule has 2 aromatic heterocycles. The lowest BCUT2D eigenvalue weighted by atomic mass is 10.2. The molecule has 3 N–H and O–H groups in total. The van der Waals surface area contributed by atoms with Crippen LogP contribution in [0.4, 0.5) is 11.5 Å². The summed E-state index contributed by atoms with van der Waals surface area (Å²) >= 11 is 6.07. The van der Waals surface area contributed by atoms with Gasteiger partial charge in [-0.2, -0.15) is 9.78 Å². The van der Waals surface area contributed by atoms with Crippen LogP contribution >= 0.6 is 11.6 Å². The highest BCUT2D eigenvalue weighted by molar-refractivity contribution is 6.30. The lowest BCUT2D eigenvalue weighted by molar-refractivity contribution is 0.102. The molecule has 0 fully saturated rings. The first-order valence-electron chi connectivity index (χ1n) is 9.83. The number of nitrogens with one attached hydrogen (secondary N) is 1. The summed E-state index contributed by atoms with van der Waals surface area (Å²) < 4.78 is 1.43. The Kier molecular flexibility index (Phi) is 5.01. The van der Waals surface area contributed by atoms with E-state index in [1.54, 1.807) is 30.5 Å². The Hall–Kier alpha value is -4.23. The Morgan fingerprint density at radius 1 is 0.969 bits per heavy atom. The molecule has 0 spiro atoms. The number of fused-ring (bicyclic) bond motifs is 2. The molecule has 0 aliphatic carbocycles. The molecule has 32 heavy (non-hydrogen) atoms. The van der Waals surface area contributed by atoms with Crippen molar-refractivity contribution in [2.75, 3.05) is 11.1 Å². The first kappa shape index (κ1) is 19.7. The van der Waals surface area contributed by atoms with Gasteiger partial charge in [0.25, 0.3) is 5.91 Å². The van der Waals surface area contributed by atoms with Crippen molar-refractivity contribution in [3.05, 3.63) is 95.0 Å². The third kappa shape index (κ3) is 3.66. The minimum absolute atomic E-state index is 0.141. The van der Waals surface area contributed by atoms with Gasteiger partial charge in [-0.25, -0.2) is 9.97 Å². The second-order valence-electron chi connectivity index (χ2n) is 7.08. The number of nitrogens with zero attached hydrogens (tertiary/aromatic N) is 4. The van der Waals surface area contributed by atoms with Crippen molar-refractivity contribution in [2.24, 2.45) is 5.10 Å². The molecule has 8 heteroatoms. The fourth-order valence-electron chi connectivity index (χ4n) is 3.41. The summed E-state index contributed by atoms with van der Waals surface area (Å²) in [6.45, 7) is 0. The smallest absolute Gasteiger partial charge is 0.261 e. The molecule has 0 saturated heterocycles. The SMILES string of the molecule is Nc1c(C(=O)Nc2ccccc2)c2nc3ccccc3nc2n1N=Cc1cccc(Cl)c1. The zero-order chi connectivity index (χ0) is 22.1. The number of carbonyl (C=O) groups is 1. The molecule has 2 heterocycles. The fraction of sp³-hybridized carbons (Fsp3) is 0. The number of aromatic nitrogens is 3. The van der Waals surface area contributed by atoms with Crippen LogP contribution in [0.25, 0.3) is 22.2 Å². The Labute approximate surface area is 188 Å². The van der Waals surface area contributed by atoms with E-state index < -0.39 is 0 Å². The molecule has 0 saturated carbocycles. The van der Waals surface area contributed by atoms with E-state index in [1.807, 2.05) is 54.6 Å². The third-order valence-electron chi connectivity index (χ3n) is 4.90. The molecule has 1 amide bonds. The summed E-state index contributed by atoms with van der Waals surface area (Å²) in [5, 5.41) is 7.94. The number of carbonyl (C=O) groups excluding carboxylic acids is 1. The Bertz CT molecular complexity index is 1490. The highest BCUT2D eigenvalue weighted by Crippen LogP contribution is 2.28. The van der Waals surface area contributed by atoms with Crippen LogP contribution in [0.1, 0.15) is 15.9 Å². The van der Waals surface area contributed by atoms with Gasteiger partial charge < -0.3 is 11.1 Å². The molecular weight excluding hydrogens is 424 g/mol. The van der Waals surface area contributed by atoms with Crippen molar-refractivity contribution in [3.63, 3.8) is 0 Å². The first-order chi connectivity index (χ1) is 15.6. The largest absolute Gasteiger partial charge is 0.383 e. The average molecular weight is 441 g/mol. The molecule has 5 rings (SSSR count). The average Bonchev–Trinajstić information content (AvgIpc) is 3.07. The second kappa shape index (κ2) is 8.13. The van der Waals surface area contributed by atoms with Crippen molar-refractivity contribution in [3.8, 4) is 0 Å². The molecule has 0 aliphatic rings. The zero-order valence-corrected chi connectivity index (χ0v) is 17.5. The molecule has 0 atom stereocenters. The van der Waals surface area contributed by atoms with Gasteiger partial charge in [-0.3, -0.25) is 4.79 Å². The van der Waals surface area contributed by atoms with Crippen molar-refractivity contribution < 1.29 is 4.79 Å². The molecule has 0 bridgehead atoms. The van der Waals surface area contributed by atoms with E-state index in [-0.39, 0.29) is 17.3 Å². The number of anilines is 2. The summed E-state index contributed by atoms with van der Waals surface area (Å²) in [4.78, 5) is 22.5. The lowest BCUT2D eigenvalue weighted by Gasteiger charge is -2.05. The highest BCUT2D eigenvalue weighted by Gasteiger charge is 2.24. The van der Waals surface area contributed by atoms with Crippen molar-refractivity contribution >= 4 is 57.4 Å². The van der Waals surface area contributed by atoms with Crippen molar-refractivity contribution in [1.82, 2.24) is 14.6 Å². The van der Waals surface area contributed by atoms with E-state index in [0.717, 1.165) is 5.56 Å². The van der Waals surface area contributed by atoms with Gasteiger partial charge in [0, 0.05) is 10.7 Å². The predicted octanol–water partition coefficient (Wildman–Crippen LogP) is 4.95. The van der Waals surface area contributed by atoms with Crippen LogP contribution in [0.15, 0.2) is 84.0 Å². The molecule has 0 unspecified atom stereocenters. The zero-order valence-electron chi connectivity index (χ0n) is 16.7. The number of halogens is 1. The Balaban J connectivity index is 1.68. The third-order valence-corrected chi connectivity index (χ3v) is 5.14. The van der Waals surface area contributed by atoms with Crippen LogP contribution in [0, 0.1) is 0 Å². The van der Waals surface area contributed by atoms with Gasteiger partial charge in [-0.1, -0.05) is 54.1 Å². The predicted molar refractivity (Wildman–Crippen MR) is 128 cm³/mol. The summed E-state index contributed by atoms with van der Waals surface area (Å²) in [7, 11) is 0. The minimum atomic E-state index is -0.389.